The molecule has 1 spiro atoms. The molecule has 2 amide bonds. The van der Waals surface area contributed by atoms with Gasteiger partial charge in [0.1, 0.15) is 17.5 Å². The summed E-state index contributed by atoms with van der Waals surface area (Å²) in [6.07, 6.45) is -0.0656. The number of carbonyl (C=O) groups excluding carboxylic acids is 1. The second-order valence-electron chi connectivity index (χ2n) is 8.52. The molecule has 1 aromatic rings. The first-order valence-electron chi connectivity index (χ1n) is 9.30. The molecule has 1 atom stereocenters. The molecule has 0 saturated carbocycles. The monoisotopic (exact) mass is 375 g/mol. The van der Waals surface area contributed by atoms with Crippen LogP contribution in [-0.4, -0.2) is 65.9 Å². The maximum atomic E-state index is 13.4. The van der Waals surface area contributed by atoms with Crippen LogP contribution in [0.25, 0.3) is 0 Å². The third-order valence-corrected chi connectivity index (χ3v) is 5.78. The molecule has 1 unspecified atom stereocenters. The number of likely N-dealkylation sites (N-methyl/N-ethyl adjacent to an activating group) is 1. The largest absolute Gasteiger partial charge is 0.497 e. The highest BCUT2D eigenvalue weighted by atomic mass is 16.5. The first-order chi connectivity index (χ1) is 12.6. The van der Waals surface area contributed by atoms with E-state index in [1.54, 1.807) is 7.11 Å². The number of hydrogen-bond donors (Lipinski definition) is 1. The standard InChI is InChI=1S/C20H29N3O4/c1-19(2,3)16-21(4)17(24)20(10-12-22(13-11-20)18(25)26)23(16)14-6-8-15(27-5)9-7-14/h6-9,16H,10-13H2,1-5H3,(H,25,26). The predicted molar refractivity (Wildman–Crippen MR) is 103 cm³/mol. The predicted octanol–water partition coefficient (Wildman–Crippen LogP) is 2.86. The number of amides is 2. The molecule has 0 aliphatic carbocycles. The van der Waals surface area contributed by atoms with Gasteiger partial charge in [-0.2, -0.15) is 0 Å². The smallest absolute Gasteiger partial charge is 0.407 e. The van der Waals surface area contributed by atoms with E-state index >= 15 is 0 Å². The fraction of sp³-hybridized carbons (Fsp3) is 0.600. The lowest BCUT2D eigenvalue weighted by Crippen LogP contribution is -2.59. The number of benzene rings is 1. The Morgan fingerprint density at radius 3 is 2.19 bits per heavy atom. The minimum atomic E-state index is -0.924. The Bertz CT molecular complexity index is 718. The number of nitrogens with zero attached hydrogens (tertiary/aromatic N) is 3. The Morgan fingerprint density at radius 2 is 1.74 bits per heavy atom. The molecular formula is C20H29N3O4. The molecule has 2 saturated heterocycles. The SMILES string of the molecule is COc1ccc(N2C(C(C)(C)C)N(C)C(=O)C23CCN(C(=O)O)CC3)cc1. The molecule has 0 radical (unpaired) electrons. The summed E-state index contributed by atoms with van der Waals surface area (Å²) < 4.78 is 5.28. The van der Waals surface area contributed by atoms with E-state index in [1.165, 1.54) is 4.90 Å². The van der Waals surface area contributed by atoms with E-state index in [0.29, 0.717) is 25.9 Å². The topological polar surface area (TPSA) is 73.3 Å². The molecule has 2 heterocycles. The van der Waals surface area contributed by atoms with E-state index in [2.05, 4.69) is 25.7 Å². The quantitative estimate of drug-likeness (QED) is 0.860. The maximum absolute atomic E-state index is 13.4. The Kier molecular flexibility index (Phi) is 4.74. The van der Waals surface area contributed by atoms with Gasteiger partial charge in [0.15, 0.2) is 0 Å². The van der Waals surface area contributed by atoms with Gasteiger partial charge in [0.2, 0.25) is 5.91 Å². The number of rotatable bonds is 2. The second-order valence-corrected chi connectivity index (χ2v) is 8.52. The number of methoxy groups -OCH3 is 1. The molecule has 2 aliphatic rings. The van der Waals surface area contributed by atoms with Crippen LogP contribution in [-0.2, 0) is 4.79 Å². The number of likely N-dealkylation sites (tertiary alicyclic amines) is 1. The van der Waals surface area contributed by atoms with Crippen molar-refractivity contribution in [2.24, 2.45) is 5.41 Å². The van der Waals surface area contributed by atoms with E-state index in [0.717, 1.165) is 11.4 Å². The molecule has 3 rings (SSSR count). The van der Waals surface area contributed by atoms with Crippen molar-refractivity contribution in [1.82, 2.24) is 9.80 Å². The fourth-order valence-corrected chi connectivity index (χ4v) is 4.57. The normalized spacial score (nSPS) is 22.5. The first-order valence-corrected chi connectivity index (χ1v) is 9.30. The minimum absolute atomic E-state index is 0.0725. The Hall–Kier alpha value is -2.44. The van der Waals surface area contributed by atoms with E-state index in [9.17, 15) is 14.7 Å². The van der Waals surface area contributed by atoms with Crippen molar-refractivity contribution in [3.05, 3.63) is 24.3 Å². The van der Waals surface area contributed by atoms with Crippen LogP contribution < -0.4 is 9.64 Å². The summed E-state index contributed by atoms with van der Waals surface area (Å²) in [6, 6.07) is 7.76. The van der Waals surface area contributed by atoms with Crippen LogP contribution in [0.1, 0.15) is 33.6 Å². The van der Waals surface area contributed by atoms with Gasteiger partial charge in [-0.1, -0.05) is 20.8 Å². The van der Waals surface area contributed by atoms with E-state index in [4.69, 9.17) is 4.74 Å². The molecular weight excluding hydrogens is 346 g/mol. The molecule has 0 bridgehead atoms. The van der Waals surface area contributed by atoms with Gasteiger partial charge in [0, 0.05) is 31.2 Å². The summed E-state index contributed by atoms with van der Waals surface area (Å²) >= 11 is 0. The number of carbonyl (C=O) groups is 2. The minimum Gasteiger partial charge on any atom is -0.497 e. The van der Waals surface area contributed by atoms with Crippen molar-refractivity contribution in [3.8, 4) is 5.75 Å². The molecule has 27 heavy (non-hydrogen) atoms. The van der Waals surface area contributed by atoms with Gasteiger partial charge in [-0.05, 0) is 37.1 Å². The van der Waals surface area contributed by atoms with Crippen molar-refractivity contribution in [2.45, 2.75) is 45.3 Å². The van der Waals surface area contributed by atoms with Crippen molar-refractivity contribution < 1.29 is 19.4 Å². The van der Waals surface area contributed by atoms with Gasteiger partial charge >= 0.3 is 6.09 Å². The van der Waals surface area contributed by atoms with Gasteiger partial charge in [-0.25, -0.2) is 4.79 Å². The number of carboxylic acid groups (broad SMARTS) is 1. The Labute approximate surface area is 160 Å². The summed E-state index contributed by atoms with van der Waals surface area (Å²) in [6.45, 7) is 7.10. The summed E-state index contributed by atoms with van der Waals surface area (Å²) in [4.78, 5) is 30.2. The zero-order chi connectivity index (χ0) is 20.0. The summed E-state index contributed by atoms with van der Waals surface area (Å²) in [7, 11) is 3.48. The van der Waals surface area contributed by atoms with Gasteiger partial charge in [-0.15, -0.1) is 0 Å². The molecule has 1 N–H and O–H groups in total. The summed E-state index contributed by atoms with van der Waals surface area (Å²) in [5, 5.41) is 9.31. The van der Waals surface area contributed by atoms with Crippen LogP contribution in [0, 0.1) is 5.41 Å². The van der Waals surface area contributed by atoms with Crippen LogP contribution in [0.3, 0.4) is 0 Å². The highest BCUT2D eigenvalue weighted by molar-refractivity contribution is 5.94. The van der Waals surface area contributed by atoms with Crippen molar-refractivity contribution in [3.63, 3.8) is 0 Å². The number of piperidine rings is 1. The van der Waals surface area contributed by atoms with Crippen LogP contribution >= 0.6 is 0 Å². The molecule has 7 heteroatoms. The zero-order valence-corrected chi connectivity index (χ0v) is 16.7. The number of anilines is 1. The fourth-order valence-electron chi connectivity index (χ4n) is 4.57. The zero-order valence-electron chi connectivity index (χ0n) is 16.7. The molecule has 148 valence electrons. The van der Waals surface area contributed by atoms with E-state index < -0.39 is 11.6 Å². The van der Waals surface area contributed by atoms with Gasteiger partial charge in [0.25, 0.3) is 0 Å². The lowest BCUT2D eigenvalue weighted by molar-refractivity contribution is -0.134. The Balaban J connectivity index is 2.06. The molecule has 0 aromatic heterocycles. The molecule has 2 fully saturated rings. The third-order valence-electron chi connectivity index (χ3n) is 5.78. The highest BCUT2D eigenvalue weighted by Crippen LogP contribution is 2.46. The maximum Gasteiger partial charge on any atom is 0.407 e. The van der Waals surface area contributed by atoms with Crippen LogP contribution in [0.4, 0.5) is 10.5 Å². The van der Waals surface area contributed by atoms with Crippen LogP contribution in [0.2, 0.25) is 0 Å². The van der Waals surface area contributed by atoms with Crippen LogP contribution in [0.15, 0.2) is 24.3 Å². The lowest BCUT2D eigenvalue weighted by atomic mass is 9.84. The highest BCUT2D eigenvalue weighted by Gasteiger charge is 2.59. The summed E-state index contributed by atoms with van der Waals surface area (Å²) in [5.74, 6) is 0.836. The van der Waals surface area contributed by atoms with Crippen LogP contribution in [0.5, 0.6) is 5.75 Å². The van der Waals surface area contributed by atoms with Crippen molar-refractivity contribution in [2.75, 3.05) is 32.1 Å². The summed E-state index contributed by atoms with van der Waals surface area (Å²) in [5.41, 5.74) is 0.0718. The van der Waals surface area contributed by atoms with Gasteiger partial charge < -0.3 is 24.5 Å². The second kappa shape index (κ2) is 6.62. The molecule has 1 aromatic carbocycles. The van der Waals surface area contributed by atoms with E-state index in [1.807, 2.05) is 36.2 Å². The third kappa shape index (κ3) is 3.09. The first kappa shape index (κ1) is 19.3. The van der Waals surface area contributed by atoms with Crippen molar-refractivity contribution in [1.29, 1.82) is 0 Å². The number of ether oxygens (including phenoxy) is 1. The Morgan fingerprint density at radius 1 is 1.19 bits per heavy atom. The van der Waals surface area contributed by atoms with E-state index in [-0.39, 0.29) is 17.5 Å². The average molecular weight is 375 g/mol. The van der Waals surface area contributed by atoms with Crippen molar-refractivity contribution >= 4 is 17.7 Å². The van der Waals surface area contributed by atoms with Gasteiger partial charge in [-0.3, -0.25) is 4.79 Å². The molecule has 7 nitrogen and oxygen atoms in total. The molecule has 2 aliphatic heterocycles. The lowest BCUT2D eigenvalue weighted by Gasteiger charge is -2.47. The number of hydrogen-bond acceptors (Lipinski definition) is 4. The average Bonchev–Trinajstić information content (AvgIpc) is 2.84. The van der Waals surface area contributed by atoms with Gasteiger partial charge in [0.05, 0.1) is 7.11 Å².